The Bertz CT molecular complexity index is 293. The van der Waals surface area contributed by atoms with E-state index in [1.807, 2.05) is 23.9 Å². The van der Waals surface area contributed by atoms with Gasteiger partial charge < -0.3 is 4.90 Å². The molecule has 0 aliphatic carbocycles. The second kappa shape index (κ2) is 5.47. The van der Waals surface area contributed by atoms with Gasteiger partial charge in [-0.1, -0.05) is 11.6 Å². The lowest BCUT2D eigenvalue weighted by molar-refractivity contribution is 0.765. The van der Waals surface area contributed by atoms with Crippen molar-refractivity contribution in [1.29, 1.82) is 0 Å². The summed E-state index contributed by atoms with van der Waals surface area (Å²) < 4.78 is 0. The molecule has 78 valence electrons. The van der Waals surface area contributed by atoms with Gasteiger partial charge in [0.1, 0.15) is 5.15 Å². The predicted octanol–water partition coefficient (Wildman–Crippen LogP) is 2.92. The van der Waals surface area contributed by atoms with E-state index in [4.69, 9.17) is 11.6 Å². The van der Waals surface area contributed by atoms with Crippen molar-refractivity contribution in [3.8, 4) is 0 Å². The number of pyridine rings is 1. The van der Waals surface area contributed by atoms with Crippen molar-refractivity contribution >= 4 is 29.1 Å². The van der Waals surface area contributed by atoms with Crippen molar-refractivity contribution in [1.82, 2.24) is 4.98 Å². The van der Waals surface area contributed by atoms with Crippen LogP contribution in [0.2, 0.25) is 5.15 Å². The molecular weight excluding hydrogens is 216 g/mol. The molecule has 14 heavy (non-hydrogen) atoms. The lowest BCUT2D eigenvalue weighted by atomic mass is 10.3. The van der Waals surface area contributed by atoms with E-state index in [0.29, 0.717) is 11.2 Å². The van der Waals surface area contributed by atoms with Crippen LogP contribution in [0.25, 0.3) is 0 Å². The maximum atomic E-state index is 5.83. The second-order valence-electron chi connectivity index (χ2n) is 3.25. The standard InChI is InChI=1S/C10H15ClN2S/c1-8(7-14-3)13(2)9-4-5-12-10(11)6-9/h4-6,8H,7H2,1-3H3. The van der Waals surface area contributed by atoms with Crippen molar-refractivity contribution in [2.45, 2.75) is 13.0 Å². The molecule has 1 aromatic heterocycles. The summed E-state index contributed by atoms with van der Waals surface area (Å²) in [5.74, 6) is 1.11. The summed E-state index contributed by atoms with van der Waals surface area (Å²) in [6, 6.07) is 4.37. The van der Waals surface area contributed by atoms with Gasteiger partial charge in [-0.3, -0.25) is 0 Å². The predicted molar refractivity (Wildman–Crippen MR) is 65.5 cm³/mol. The van der Waals surface area contributed by atoms with E-state index in [1.165, 1.54) is 0 Å². The maximum Gasteiger partial charge on any atom is 0.131 e. The Morgan fingerprint density at radius 2 is 2.36 bits per heavy atom. The van der Waals surface area contributed by atoms with Gasteiger partial charge in [0.15, 0.2) is 0 Å². The second-order valence-corrected chi connectivity index (χ2v) is 4.55. The summed E-state index contributed by atoms with van der Waals surface area (Å²) in [5.41, 5.74) is 1.12. The number of anilines is 1. The number of thioether (sulfide) groups is 1. The van der Waals surface area contributed by atoms with Crippen LogP contribution in [-0.4, -0.2) is 30.1 Å². The molecule has 0 bridgehead atoms. The zero-order valence-corrected chi connectivity index (χ0v) is 10.3. The number of hydrogen-bond acceptors (Lipinski definition) is 3. The van der Waals surface area contributed by atoms with Crippen molar-refractivity contribution in [2.24, 2.45) is 0 Å². The van der Waals surface area contributed by atoms with E-state index < -0.39 is 0 Å². The highest BCUT2D eigenvalue weighted by Crippen LogP contribution is 2.19. The molecule has 0 spiro atoms. The molecule has 1 rings (SSSR count). The molecule has 0 saturated heterocycles. The molecule has 0 aliphatic heterocycles. The number of rotatable bonds is 4. The monoisotopic (exact) mass is 230 g/mol. The lowest BCUT2D eigenvalue weighted by Crippen LogP contribution is -2.30. The molecule has 0 aromatic carbocycles. The molecule has 2 nitrogen and oxygen atoms in total. The van der Waals surface area contributed by atoms with E-state index in [-0.39, 0.29) is 0 Å². The van der Waals surface area contributed by atoms with Gasteiger partial charge in [-0.05, 0) is 25.3 Å². The van der Waals surface area contributed by atoms with Crippen LogP contribution in [0.3, 0.4) is 0 Å². The zero-order valence-electron chi connectivity index (χ0n) is 8.70. The quantitative estimate of drug-likeness (QED) is 0.740. The van der Waals surface area contributed by atoms with Crippen molar-refractivity contribution in [3.63, 3.8) is 0 Å². The summed E-state index contributed by atoms with van der Waals surface area (Å²) in [6.45, 7) is 2.20. The van der Waals surface area contributed by atoms with Gasteiger partial charge in [-0.2, -0.15) is 11.8 Å². The van der Waals surface area contributed by atoms with E-state index in [9.17, 15) is 0 Å². The highest BCUT2D eigenvalue weighted by Gasteiger charge is 2.09. The third kappa shape index (κ3) is 3.07. The van der Waals surface area contributed by atoms with Gasteiger partial charge in [0.05, 0.1) is 0 Å². The minimum absolute atomic E-state index is 0.503. The highest BCUT2D eigenvalue weighted by atomic mass is 35.5. The maximum absolute atomic E-state index is 5.83. The molecule has 1 atom stereocenters. The average Bonchev–Trinajstić information content (AvgIpc) is 2.17. The largest absolute Gasteiger partial charge is 0.371 e. The highest BCUT2D eigenvalue weighted by molar-refractivity contribution is 7.98. The van der Waals surface area contributed by atoms with Crippen LogP contribution in [0, 0.1) is 0 Å². The Morgan fingerprint density at radius 3 is 2.93 bits per heavy atom. The Balaban J connectivity index is 2.73. The van der Waals surface area contributed by atoms with E-state index >= 15 is 0 Å². The first-order chi connectivity index (χ1) is 6.65. The molecule has 1 aromatic rings. The first-order valence-electron chi connectivity index (χ1n) is 4.48. The molecule has 0 N–H and O–H groups in total. The minimum atomic E-state index is 0.503. The molecule has 4 heteroatoms. The third-order valence-electron chi connectivity index (χ3n) is 2.19. The average molecular weight is 231 g/mol. The van der Waals surface area contributed by atoms with Crippen LogP contribution < -0.4 is 4.90 Å². The van der Waals surface area contributed by atoms with Crippen molar-refractivity contribution in [3.05, 3.63) is 23.5 Å². The van der Waals surface area contributed by atoms with Gasteiger partial charge in [0.25, 0.3) is 0 Å². The lowest BCUT2D eigenvalue weighted by Gasteiger charge is -2.26. The van der Waals surface area contributed by atoms with Gasteiger partial charge in [-0.15, -0.1) is 0 Å². The van der Waals surface area contributed by atoms with Crippen LogP contribution >= 0.6 is 23.4 Å². The fourth-order valence-corrected chi connectivity index (χ4v) is 2.09. The molecule has 1 heterocycles. The normalized spacial score (nSPS) is 12.6. The molecule has 0 saturated carbocycles. The summed E-state index contributed by atoms with van der Waals surface area (Å²) in [7, 11) is 2.08. The third-order valence-corrected chi connectivity index (χ3v) is 3.21. The molecule has 1 unspecified atom stereocenters. The molecular formula is C10H15ClN2S. The molecule has 0 fully saturated rings. The number of nitrogens with zero attached hydrogens (tertiary/aromatic N) is 2. The Morgan fingerprint density at radius 1 is 1.64 bits per heavy atom. The summed E-state index contributed by atoms with van der Waals surface area (Å²) >= 11 is 7.67. The van der Waals surface area contributed by atoms with Gasteiger partial charge in [0.2, 0.25) is 0 Å². The molecule has 0 radical (unpaired) electrons. The van der Waals surface area contributed by atoms with Gasteiger partial charge in [-0.25, -0.2) is 4.98 Å². The van der Waals surface area contributed by atoms with Crippen LogP contribution in [0.15, 0.2) is 18.3 Å². The first kappa shape index (κ1) is 11.7. The zero-order chi connectivity index (χ0) is 10.6. The van der Waals surface area contributed by atoms with Crippen molar-refractivity contribution < 1.29 is 0 Å². The number of aromatic nitrogens is 1. The van der Waals surface area contributed by atoms with Gasteiger partial charge >= 0.3 is 0 Å². The molecule has 0 aliphatic rings. The number of hydrogen-bond donors (Lipinski definition) is 0. The fourth-order valence-electron chi connectivity index (χ4n) is 1.22. The Hall–Kier alpha value is -0.410. The van der Waals surface area contributed by atoms with Crippen LogP contribution in [0.4, 0.5) is 5.69 Å². The van der Waals surface area contributed by atoms with Crippen molar-refractivity contribution in [2.75, 3.05) is 24.0 Å². The topological polar surface area (TPSA) is 16.1 Å². The van der Waals surface area contributed by atoms with Crippen LogP contribution in [-0.2, 0) is 0 Å². The van der Waals surface area contributed by atoms with E-state index in [0.717, 1.165) is 11.4 Å². The summed E-state index contributed by atoms with van der Waals surface area (Å²) in [5, 5.41) is 0.547. The Kier molecular flexibility index (Phi) is 4.55. The Labute approximate surface area is 94.7 Å². The summed E-state index contributed by atoms with van der Waals surface area (Å²) in [6.07, 6.45) is 3.85. The van der Waals surface area contributed by atoms with Gasteiger partial charge in [0, 0.05) is 30.7 Å². The summed E-state index contributed by atoms with van der Waals surface area (Å²) in [4.78, 5) is 6.17. The SMILES string of the molecule is CSCC(C)N(C)c1ccnc(Cl)c1. The smallest absolute Gasteiger partial charge is 0.131 e. The fraction of sp³-hybridized carbons (Fsp3) is 0.500. The van der Waals surface area contributed by atoms with Crippen LogP contribution in [0.1, 0.15) is 6.92 Å². The van der Waals surface area contributed by atoms with E-state index in [1.54, 1.807) is 6.20 Å². The minimum Gasteiger partial charge on any atom is -0.371 e. The molecule has 0 amide bonds. The van der Waals surface area contributed by atoms with E-state index in [2.05, 4.69) is 30.1 Å². The first-order valence-corrected chi connectivity index (χ1v) is 6.25. The number of halogens is 1. The van der Waals surface area contributed by atoms with Crippen LogP contribution in [0.5, 0.6) is 0 Å².